The lowest BCUT2D eigenvalue weighted by Gasteiger charge is -2.13. The van der Waals surface area contributed by atoms with Gasteiger partial charge < -0.3 is 20.7 Å². The van der Waals surface area contributed by atoms with Gasteiger partial charge in [-0.2, -0.15) is 0 Å². The maximum absolute atomic E-state index is 10.6. The number of anilines is 2. The molecule has 5 heteroatoms. The third kappa shape index (κ3) is 3.63. The topological polar surface area (TPSA) is 77.2 Å². The molecule has 0 radical (unpaired) electrons. The monoisotopic (exact) mass is 309 g/mol. The van der Waals surface area contributed by atoms with Gasteiger partial charge in [0.05, 0.1) is 17.8 Å². The van der Waals surface area contributed by atoms with Gasteiger partial charge in [-0.15, -0.1) is 0 Å². The molecule has 0 fully saturated rings. The Morgan fingerprint density at radius 2 is 1.70 bits per heavy atom. The molecule has 0 amide bonds. The molecule has 2 aromatic carbocycles. The summed E-state index contributed by atoms with van der Waals surface area (Å²) >= 11 is 0. The summed E-state index contributed by atoms with van der Waals surface area (Å²) in [6, 6.07) is 16.0. The fourth-order valence-electron chi connectivity index (χ4n) is 2.56. The minimum Gasteiger partial charge on any atom is -0.481 e. The first kappa shape index (κ1) is 15.0. The minimum atomic E-state index is -0.804. The van der Waals surface area contributed by atoms with Gasteiger partial charge in [0.2, 0.25) is 0 Å². The van der Waals surface area contributed by atoms with Crippen LogP contribution in [0.25, 0.3) is 10.9 Å². The van der Waals surface area contributed by atoms with Crippen molar-refractivity contribution in [3.05, 3.63) is 60.3 Å². The number of para-hydroxylation sites is 3. The van der Waals surface area contributed by atoms with E-state index in [9.17, 15) is 4.79 Å². The highest BCUT2D eigenvalue weighted by molar-refractivity contribution is 5.83. The van der Waals surface area contributed by atoms with E-state index < -0.39 is 5.97 Å². The molecule has 0 atom stereocenters. The average molecular weight is 309 g/mol. The van der Waals surface area contributed by atoms with Crippen LogP contribution in [0.3, 0.4) is 0 Å². The SMILES string of the molecule is O=C(O)CCNc1ccccc1NCc1c[nH]c2ccccc12. The number of nitrogens with one attached hydrogen (secondary N) is 3. The number of hydrogen-bond acceptors (Lipinski definition) is 3. The highest BCUT2D eigenvalue weighted by atomic mass is 16.4. The lowest BCUT2D eigenvalue weighted by molar-refractivity contribution is -0.136. The maximum Gasteiger partial charge on any atom is 0.305 e. The smallest absolute Gasteiger partial charge is 0.305 e. The van der Waals surface area contributed by atoms with E-state index >= 15 is 0 Å². The van der Waals surface area contributed by atoms with E-state index in [0.29, 0.717) is 13.1 Å². The number of benzene rings is 2. The third-order valence-corrected chi connectivity index (χ3v) is 3.73. The third-order valence-electron chi connectivity index (χ3n) is 3.73. The van der Waals surface area contributed by atoms with Crippen LogP contribution in [0.2, 0.25) is 0 Å². The lowest BCUT2D eigenvalue weighted by atomic mass is 10.1. The second-order valence-electron chi connectivity index (χ2n) is 5.33. The molecule has 3 aromatic rings. The molecular formula is C18H19N3O2. The number of rotatable bonds is 7. The van der Waals surface area contributed by atoms with E-state index in [0.717, 1.165) is 16.9 Å². The van der Waals surface area contributed by atoms with Crippen molar-refractivity contribution in [3.63, 3.8) is 0 Å². The zero-order chi connectivity index (χ0) is 16.1. The van der Waals surface area contributed by atoms with Crippen molar-refractivity contribution < 1.29 is 9.90 Å². The molecular weight excluding hydrogens is 290 g/mol. The van der Waals surface area contributed by atoms with Crippen molar-refractivity contribution >= 4 is 28.2 Å². The number of fused-ring (bicyclic) bond motifs is 1. The molecule has 1 heterocycles. The number of H-pyrrole nitrogens is 1. The van der Waals surface area contributed by atoms with Crippen LogP contribution in [-0.4, -0.2) is 22.6 Å². The average Bonchev–Trinajstić information content (AvgIpc) is 2.97. The number of carboxylic acid groups (broad SMARTS) is 1. The van der Waals surface area contributed by atoms with Gasteiger partial charge in [0.25, 0.3) is 0 Å². The van der Waals surface area contributed by atoms with Crippen molar-refractivity contribution in [2.75, 3.05) is 17.2 Å². The highest BCUT2D eigenvalue weighted by Crippen LogP contribution is 2.23. The summed E-state index contributed by atoms with van der Waals surface area (Å²) in [4.78, 5) is 13.9. The summed E-state index contributed by atoms with van der Waals surface area (Å²) in [5.74, 6) is -0.804. The van der Waals surface area contributed by atoms with Crippen molar-refractivity contribution in [3.8, 4) is 0 Å². The van der Waals surface area contributed by atoms with Gasteiger partial charge in [-0.1, -0.05) is 30.3 Å². The first-order valence-corrected chi connectivity index (χ1v) is 7.57. The molecule has 1 aromatic heterocycles. The minimum absolute atomic E-state index is 0.0940. The van der Waals surface area contributed by atoms with Crippen molar-refractivity contribution in [1.82, 2.24) is 4.98 Å². The second kappa shape index (κ2) is 6.87. The Morgan fingerprint density at radius 1 is 1.00 bits per heavy atom. The molecule has 4 N–H and O–H groups in total. The molecule has 0 aliphatic carbocycles. The fraction of sp³-hybridized carbons (Fsp3) is 0.167. The van der Waals surface area contributed by atoms with Crippen LogP contribution < -0.4 is 10.6 Å². The number of hydrogen-bond donors (Lipinski definition) is 4. The van der Waals surface area contributed by atoms with E-state index in [1.165, 1.54) is 10.9 Å². The summed E-state index contributed by atoms with van der Waals surface area (Å²) < 4.78 is 0. The molecule has 0 saturated heterocycles. The second-order valence-corrected chi connectivity index (χ2v) is 5.33. The summed E-state index contributed by atoms with van der Waals surface area (Å²) in [5.41, 5.74) is 4.19. The number of carboxylic acids is 1. The van der Waals surface area contributed by atoms with Crippen LogP contribution in [0, 0.1) is 0 Å². The standard InChI is InChI=1S/C18H19N3O2/c22-18(23)9-10-19-16-7-3-4-8-17(16)21-12-13-11-20-15-6-2-1-5-14(13)15/h1-8,11,19-21H,9-10,12H2,(H,22,23). The van der Waals surface area contributed by atoms with Gasteiger partial charge in [0, 0.05) is 30.2 Å². The number of aliphatic carboxylic acids is 1. The van der Waals surface area contributed by atoms with Crippen LogP contribution in [0.1, 0.15) is 12.0 Å². The van der Waals surface area contributed by atoms with Crippen molar-refractivity contribution in [1.29, 1.82) is 0 Å². The van der Waals surface area contributed by atoms with Crippen molar-refractivity contribution in [2.24, 2.45) is 0 Å². The summed E-state index contributed by atoms with van der Waals surface area (Å²) in [7, 11) is 0. The molecule has 0 bridgehead atoms. The largest absolute Gasteiger partial charge is 0.481 e. The van der Waals surface area contributed by atoms with E-state index in [4.69, 9.17) is 5.11 Å². The molecule has 0 unspecified atom stereocenters. The zero-order valence-electron chi connectivity index (χ0n) is 12.7. The molecule has 0 aliphatic rings. The molecule has 23 heavy (non-hydrogen) atoms. The van der Waals surface area contributed by atoms with Gasteiger partial charge in [-0.05, 0) is 23.8 Å². The van der Waals surface area contributed by atoms with Crippen LogP contribution in [0.5, 0.6) is 0 Å². The van der Waals surface area contributed by atoms with Crippen LogP contribution >= 0.6 is 0 Å². The Bertz CT molecular complexity index is 811. The van der Waals surface area contributed by atoms with E-state index in [-0.39, 0.29) is 6.42 Å². The van der Waals surface area contributed by atoms with E-state index in [2.05, 4.69) is 27.8 Å². The quantitative estimate of drug-likeness (QED) is 0.537. The molecule has 0 aliphatic heterocycles. The first-order valence-electron chi connectivity index (χ1n) is 7.57. The first-order chi connectivity index (χ1) is 11.2. The van der Waals surface area contributed by atoms with Gasteiger partial charge in [-0.25, -0.2) is 0 Å². The molecule has 118 valence electrons. The maximum atomic E-state index is 10.6. The Hall–Kier alpha value is -2.95. The van der Waals surface area contributed by atoms with Gasteiger partial charge in [0.1, 0.15) is 0 Å². The van der Waals surface area contributed by atoms with Gasteiger partial charge in [-0.3, -0.25) is 4.79 Å². The summed E-state index contributed by atoms with van der Waals surface area (Å²) in [6.45, 7) is 1.10. The predicted molar refractivity (Wildman–Crippen MR) is 92.8 cm³/mol. The van der Waals surface area contributed by atoms with Crippen LogP contribution in [0.4, 0.5) is 11.4 Å². The van der Waals surface area contributed by atoms with Gasteiger partial charge >= 0.3 is 5.97 Å². The molecule has 0 spiro atoms. The Balaban J connectivity index is 1.69. The molecule has 3 rings (SSSR count). The fourth-order valence-corrected chi connectivity index (χ4v) is 2.56. The summed E-state index contributed by atoms with van der Waals surface area (Å²) in [6.07, 6.45) is 2.11. The number of carbonyl (C=O) groups is 1. The van der Waals surface area contributed by atoms with Gasteiger partial charge in [0.15, 0.2) is 0 Å². The predicted octanol–water partition coefficient (Wildman–Crippen LogP) is 3.67. The summed E-state index contributed by atoms with van der Waals surface area (Å²) in [5, 5.41) is 16.5. The molecule has 0 saturated carbocycles. The Kier molecular flexibility index (Phi) is 4.47. The normalized spacial score (nSPS) is 10.6. The van der Waals surface area contributed by atoms with Crippen LogP contribution in [-0.2, 0) is 11.3 Å². The lowest BCUT2D eigenvalue weighted by Crippen LogP contribution is -2.09. The van der Waals surface area contributed by atoms with Crippen molar-refractivity contribution in [2.45, 2.75) is 13.0 Å². The Morgan fingerprint density at radius 3 is 2.48 bits per heavy atom. The zero-order valence-corrected chi connectivity index (χ0v) is 12.7. The molecule has 5 nitrogen and oxygen atoms in total. The van der Waals surface area contributed by atoms with E-state index in [1.807, 2.05) is 42.6 Å². The number of aromatic amines is 1. The number of aromatic nitrogens is 1. The van der Waals surface area contributed by atoms with E-state index in [1.54, 1.807) is 0 Å². The Labute approximate surface area is 134 Å². The highest BCUT2D eigenvalue weighted by Gasteiger charge is 2.05. The van der Waals surface area contributed by atoms with Crippen LogP contribution in [0.15, 0.2) is 54.7 Å².